The van der Waals surface area contributed by atoms with E-state index in [-0.39, 0.29) is 11.7 Å². The van der Waals surface area contributed by atoms with E-state index in [0.29, 0.717) is 17.8 Å². The minimum Gasteiger partial charge on any atom is -0.348 e. The number of benzene rings is 2. The lowest BCUT2D eigenvalue weighted by Gasteiger charge is -2.18. The summed E-state index contributed by atoms with van der Waals surface area (Å²) >= 11 is 0. The highest BCUT2D eigenvalue weighted by atomic mass is 32.2. The predicted octanol–water partition coefficient (Wildman–Crippen LogP) is 2.59. The number of amides is 1. The Hall–Kier alpha value is -3.13. The molecule has 7 nitrogen and oxygen atoms in total. The van der Waals surface area contributed by atoms with Crippen LogP contribution in [0.25, 0.3) is 5.69 Å². The summed E-state index contributed by atoms with van der Waals surface area (Å²) in [4.78, 5) is 16.4. The van der Waals surface area contributed by atoms with E-state index in [1.54, 1.807) is 43.7 Å². The Labute approximate surface area is 164 Å². The van der Waals surface area contributed by atoms with Gasteiger partial charge in [-0.15, -0.1) is 0 Å². The van der Waals surface area contributed by atoms with Crippen LogP contribution in [0, 0.1) is 0 Å². The van der Waals surface area contributed by atoms with Crippen LogP contribution in [0.5, 0.6) is 0 Å². The number of sulfonamides is 1. The third kappa shape index (κ3) is 4.40. The lowest BCUT2D eigenvalue weighted by atomic mass is 10.1. The van der Waals surface area contributed by atoms with Crippen molar-refractivity contribution in [1.82, 2.24) is 14.9 Å². The maximum absolute atomic E-state index is 12.4. The van der Waals surface area contributed by atoms with Crippen molar-refractivity contribution in [3.05, 3.63) is 78.4 Å². The average Bonchev–Trinajstić information content (AvgIpc) is 3.27. The first-order valence-electron chi connectivity index (χ1n) is 8.83. The van der Waals surface area contributed by atoms with Crippen LogP contribution in [0.2, 0.25) is 0 Å². The molecule has 0 aliphatic heterocycles. The van der Waals surface area contributed by atoms with Crippen LogP contribution in [-0.4, -0.2) is 36.7 Å². The quantitative estimate of drug-likeness (QED) is 0.663. The first-order valence-corrected chi connectivity index (χ1v) is 10.4. The molecule has 2 aromatic carbocycles. The van der Waals surface area contributed by atoms with E-state index in [1.165, 1.54) is 11.4 Å². The van der Waals surface area contributed by atoms with Gasteiger partial charge < -0.3 is 9.88 Å². The number of hydrogen-bond donors (Lipinski definition) is 1. The smallest absolute Gasteiger partial charge is 0.251 e. The largest absolute Gasteiger partial charge is 0.348 e. The van der Waals surface area contributed by atoms with Crippen LogP contribution in [-0.2, 0) is 16.6 Å². The van der Waals surface area contributed by atoms with E-state index in [0.717, 1.165) is 11.3 Å². The molecule has 1 aromatic heterocycles. The van der Waals surface area contributed by atoms with Gasteiger partial charge in [-0.25, -0.2) is 13.4 Å². The second-order valence-electron chi connectivity index (χ2n) is 6.23. The molecule has 0 bridgehead atoms. The molecule has 28 heavy (non-hydrogen) atoms. The fourth-order valence-corrected chi connectivity index (χ4v) is 3.49. The SMILES string of the molecule is CCS(=O)(=O)N(C)c1ccc(C(=O)NCc2ccc(-n3ccnc3)cc2)cc1. The number of anilines is 1. The van der Waals surface area contributed by atoms with Gasteiger partial charge in [0.1, 0.15) is 0 Å². The van der Waals surface area contributed by atoms with Crippen molar-refractivity contribution in [2.75, 3.05) is 17.1 Å². The van der Waals surface area contributed by atoms with E-state index in [2.05, 4.69) is 10.3 Å². The zero-order chi connectivity index (χ0) is 20.1. The molecule has 0 fully saturated rings. The van der Waals surface area contributed by atoms with Crippen LogP contribution in [0.15, 0.2) is 67.3 Å². The van der Waals surface area contributed by atoms with Crippen molar-refractivity contribution >= 4 is 21.6 Å². The summed E-state index contributed by atoms with van der Waals surface area (Å²) in [5.41, 5.74) is 2.96. The number of carbonyl (C=O) groups excluding carboxylic acids is 1. The van der Waals surface area contributed by atoms with Crippen LogP contribution in [0.1, 0.15) is 22.8 Å². The molecule has 1 heterocycles. The molecular weight excluding hydrogens is 376 g/mol. The predicted molar refractivity (Wildman–Crippen MR) is 109 cm³/mol. The molecule has 0 saturated heterocycles. The molecule has 1 N–H and O–H groups in total. The van der Waals surface area contributed by atoms with Gasteiger partial charge >= 0.3 is 0 Å². The molecule has 8 heteroatoms. The number of nitrogens with zero attached hydrogens (tertiary/aromatic N) is 3. The van der Waals surface area contributed by atoms with Gasteiger partial charge in [0.25, 0.3) is 5.91 Å². The zero-order valence-corrected chi connectivity index (χ0v) is 16.6. The number of hydrogen-bond acceptors (Lipinski definition) is 4. The molecule has 0 radical (unpaired) electrons. The monoisotopic (exact) mass is 398 g/mol. The minimum absolute atomic E-state index is 0.0192. The molecule has 0 atom stereocenters. The van der Waals surface area contributed by atoms with Gasteiger partial charge in [0.2, 0.25) is 10.0 Å². The van der Waals surface area contributed by atoms with Gasteiger partial charge in [0.15, 0.2) is 0 Å². The van der Waals surface area contributed by atoms with Crippen LogP contribution < -0.4 is 9.62 Å². The Morgan fingerprint density at radius 1 is 1.11 bits per heavy atom. The average molecular weight is 398 g/mol. The topological polar surface area (TPSA) is 84.3 Å². The van der Waals surface area contributed by atoms with E-state index in [1.807, 2.05) is 35.0 Å². The molecule has 146 valence electrons. The Bertz CT molecular complexity index is 1030. The van der Waals surface area contributed by atoms with E-state index in [4.69, 9.17) is 0 Å². The number of nitrogens with one attached hydrogen (secondary N) is 1. The third-order valence-corrected chi connectivity index (χ3v) is 6.24. The van der Waals surface area contributed by atoms with Gasteiger partial charge in [-0.1, -0.05) is 12.1 Å². The summed E-state index contributed by atoms with van der Waals surface area (Å²) in [5, 5.41) is 2.87. The number of carbonyl (C=O) groups is 1. The lowest BCUT2D eigenvalue weighted by molar-refractivity contribution is 0.0951. The second kappa shape index (κ2) is 8.26. The fourth-order valence-electron chi connectivity index (χ4n) is 2.66. The van der Waals surface area contributed by atoms with Crippen molar-refractivity contribution in [3.8, 4) is 5.69 Å². The van der Waals surface area contributed by atoms with Gasteiger partial charge in [-0.05, 0) is 48.9 Å². The van der Waals surface area contributed by atoms with E-state index in [9.17, 15) is 13.2 Å². The highest BCUT2D eigenvalue weighted by Crippen LogP contribution is 2.17. The zero-order valence-electron chi connectivity index (χ0n) is 15.7. The summed E-state index contributed by atoms with van der Waals surface area (Å²) < 4.78 is 27.0. The van der Waals surface area contributed by atoms with Crippen molar-refractivity contribution in [1.29, 1.82) is 0 Å². The first kappa shape index (κ1) is 19.6. The Balaban J connectivity index is 1.60. The molecule has 0 aliphatic carbocycles. The van der Waals surface area contributed by atoms with Gasteiger partial charge in [-0.2, -0.15) is 0 Å². The van der Waals surface area contributed by atoms with Crippen LogP contribution >= 0.6 is 0 Å². The summed E-state index contributed by atoms with van der Waals surface area (Å²) in [6.45, 7) is 1.99. The summed E-state index contributed by atoms with van der Waals surface area (Å²) in [7, 11) is -1.82. The number of rotatable bonds is 7. The molecule has 3 aromatic rings. The molecule has 0 spiro atoms. The van der Waals surface area contributed by atoms with Gasteiger partial charge in [-0.3, -0.25) is 9.10 Å². The van der Waals surface area contributed by atoms with Gasteiger partial charge in [0, 0.05) is 37.2 Å². The van der Waals surface area contributed by atoms with Crippen molar-refractivity contribution in [3.63, 3.8) is 0 Å². The number of imidazole rings is 1. The molecule has 1 amide bonds. The van der Waals surface area contributed by atoms with E-state index < -0.39 is 10.0 Å². The molecular formula is C20H22N4O3S. The van der Waals surface area contributed by atoms with Crippen LogP contribution in [0.3, 0.4) is 0 Å². The van der Waals surface area contributed by atoms with Crippen LogP contribution in [0.4, 0.5) is 5.69 Å². The standard InChI is InChI=1S/C20H22N4O3S/c1-3-28(26,27)23(2)18-10-6-17(7-11-18)20(25)22-14-16-4-8-19(9-5-16)24-13-12-21-15-24/h4-13,15H,3,14H2,1-2H3,(H,22,25). The highest BCUT2D eigenvalue weighted by molar-refractivity contribution is 7.92. The minimum atomic E-state index is -3.32. The Kier molecular flexibility index (Phi) is 5.79. The molecule has 3 rings (SSSR count). The van der Waals surface area contributed by atoms with Crippen molar-refractivity contribution in [2.24, 2.45) is 0 Å². The highest BCUT2D eigenvalue weighted by Gasteiger charge is 2.16. The summed E-state index contributed by atoms with van der Waals surface area (Å²) in [6.07, 6.45) is 5.31. The normalized spacial score (nSPS) is 11.2. The molecule has 0 unspecified atom stereocenters. The fraction of sp³-hybridized carbons (Fsp3) is 0.200. The third-order valence-electron chi connectivity index (χ3n) is 4.47. The maximum Gasteiger partial charge on any atom is 0.251 e. The molecule has 0 saturated carbocycles. The first-order chi connectivity index (χ1) is 13.4. The molecule has 0 aliphatic rings. The number of aromatic nitrogens is 2. The Morgan fingerprint density at radius 2 is 1.79 bits per heavy atom. The summed E-state index contributed by atoms with van der Waals surface area (Å²) in [6, 6.07) is 14.3. The van der Waals surface area contributed by atoms with E-state index >= 15 is 0 Å². The lowest BCUT2D eigenvalue weighted by Crippen LogP contribution is -2.28. The Morgan fingerprint density at radius 3 is 2.36 bits per heavy atom. The summed E-state index contributed by atoms with van der Waals surface area (Å²) in [5.74, 6) is -0.197. The van der Waals surface area contributed by atoms with Crippen molar-refractivity contribution in [2.45, 2.75) is 13.5 Å². The maximum atomic E-state index is 12.4. The van der Waals surface area contributed by atoms with Gasteiger partial charge in [0.05, 0.1) is 17.8 Å². The van der Waals surface area contributed by atoms with Crippen molar-refractivity contribution < 1.29 is 13.2 Å². The second-order valence-corrected chi connectivity index (χ2v) is 8.52.